The van der Waals surface area contributed by atoms with Gasteiger partial charge in [-0.15, -0.1) is 0 Å². The van der Waals surface area contributed by atoms with Gasteiger partial charge in [-0.2, -0.15) is 0 Å². The summed E-state index contributed by atoms with van der Waals surface area (Å²) >= 11 is 0. The van der Waals surface area contributed by atoms with E-state index >= 15 is 0 Å². The summed E-state index contributed by atoms with van der Waals surface area (Å²) in [5.41, 5.74) is 1.16. The summed E-state index contributed by atoms with van der Waals surface area (Å²) in [5.74, 6) is 0.603. The van der Waals surface area contributed by atoms with Crippen molar-refractivity contribution in [2.75, 3.05) is 6.61 Å². The number of rotatable bonds is 6. The molecule has 5 heteroatoms. The first-order chi connectivity index (χ1) is 10.1. The van der Waals surface area contributed by atoms with Crippen molar-refractivity contribution in [3.8, 4) is 5.75 Å². The van der Waals surface area contributed by atoms with Crippen molar-refractivity contribution in [2.24, 2.45) is 0 Å². The Morgan fingerprint density at radius 2 is 1.86 bits per heavy atom. The number of aliphatic hydroxyl groups excluding tert-OH is 1. The molecule has 0 spiro atoms. The van der Waals surface area contributed by atoms with E-state index in [2.05, 4.69) is 0 Å². The molecular weight excluding hydrogens is 270 g/mol. The quantitative estimate of drug-likeness (QED) is 0.653. The Kier molecular flexibility index (Phi) is 4.90. The number of nitro benzene ring substituents is 1. The largest absolute Gasteiger partial charge is 0.493 e. The standard InChI is InChI=1S/C16H17NO4/c1-2-21-16-10-6-4-8-13(16)15(18)11-12-7-3-5-9-14(12)17(19)20/h3-10,15,18H,2,11H2,1H3. The minimum Gasteiger partial charge on any atom is -0.493 e. The van der Waals surface area contributed by atoms with E-state index in [0.29, 0.717) is 23.5 Å². The second kappa shape index (κ2) is 6.85. The van der Waals surface area contributed by atoms with E-state index in [9.17, 15) is 15.2 Å². The van der Waals surface area contributed by atoms with Crippen LogP contribution in [0.4, 0.5) is 5.69 Å². The molecule has 110 valence electrons. The van der Waals surface area contributed by atoms with Gasteiger partial charge in [-0.25, -0.2) is 0 Å². The zero-order chi connectivity index (χ0) is 15.2. The van der Waals surface area contributed by atoms with Crippen LogP contribution in [0.3, 0.4) is 0 Å². The fraction of sp³-hybridized carbons (Fsp3) is 0.250. The highest BCUT2D eigenvalue weighted by Crippen LogP contribution is 2.30. The van der Waals surface area contributed by atoms with Gasteiger partial charge in [0.15, 0.2) is 0 Å². The summed E-state index contributed by atoms with van der Waals surface area (Å²) in [6.07, 6.45) is -0.685. The molecule has 0 bridgehead atoms. The van der Waals surface area contributed by atoms with Crippen LogP contribution < -0.4 is 4.74 Å². The van der Waals surface area contributed by atoms with Gasteiger partial charge in [-0.1, -0.05) is 36.4 Å². The first kappa shape index (κ1) is 15.0. The molecule has 1 atom stereocenters. The number of para-hydroxylation sites is 2. The van der Waals surface area contributed by atoms with Gasteiger partial charge in [-0.3, -0.25) is 10.1 Å². The summed E-state index contributed by atoms with van der Waals surface area (Å²) in [6, 6.07) is 13.6. The predicted octanol–water partition coefficient (Wildman–Crippen LogP) is 3.27. The van der Waals surface area contributed by atoms with Gasteiger partial charge >= 0.3 is 0 Å². The van der Waals surface area contributed by atoms with Crippen molar-refractivity contribution < 1.29 is 14.8 Å². The number of hydrogen-bond acceptors (Lipinski definition) is 4. The molecule has 21 heavy (non-hydrogen) atoms. The molecule has 0 radical (unpaired) electrons. The molecule has 2 rings (SSSR count). The molecule has 5 nitrogen and oxygen atoms in total. The monoisotopic (exact) mass is 287 g/mol. The molecule has 0 fully saturated rings. The fourth-order valence-electron chi connectivity index (χ4n) is 2.22. The Morgan fingerprint density at radius 1 is 1.19 bits per heavy atom. The molecule has 0 amide bonds. The minimum atomic E-state index is -0.853. The van der Waals surface area contributed by atoms with Gasteiger partial charge < -0.3 is 9.84 Å². The molecular formula is C16H17NO4. The molecule has 0 heterocycles. The van der Waals surface area contributed by atoms with Crippen molar-refractivity contribution in [3.63, 3.8) is 0 Å². The average molecular weight is 287 g/mol. The molecule has 1 N–H and O–H groups in total. The van der Waals surface area contributed by atoms with E-state index in [0.717, 1.165) is 0 Å². The van der Waals surface area contributed by atoms with E-state index < -0.39 is 11.0 Å². The van der Waals surface area contributed by atoms with Gasteiger partial charge in [0.25, 0.3) is 5.69 Å². The third-order valence-corrected chi connectivity index (χ3v) is 3.18. The third kappa shape index (κ3) is 3.58. The van der Waals surface area contributed by atoms with Crippen molar-refractivity contribution in [2.45, 2.75) is 19.4 Å². The van der Waals surface area contributed by atoms with Gasteiger partial charge in [0.05, 0.1) is 17.6 Å². The predicted molar refractivity (Wildman–Crippen MR) is 79.4 cm³/mol. The number of hydrogen-bond donors (Lipinski definition) is 1. The highest BCUT2D eigenvalue weighted by Gasteiger charge is 2.19. The topological polar surface area (TPSA) is 72.6 Å². The smallest absolute Gasteiger partial charge is 0.272 e. The lowest BCUT2D eigenvalue weighted by Gasteiger charge is -2.15. The van der Waals surface area contributed by atoms with Crippen LogP contribution in [-0.4, -0.2) is 16.6 Å². The highest BCUT2D eigenvalue weighted by molar-refractivity contribution is 5.42. The number of nitrogens with zero attached hydrogens (tertiary/aromatic N) is 1. The minimum absolute atomic E-state index is 0.0189. The van der Waals surface area contributed by atoms with Crippen LogP contribution in [0, 0.1) is 10.1 Å². The van der Waals surface area contributed by atoms with Crippen molar-refractivity contribution in [1.29, 1.82) is 0 Å². The molecule has 0 aliphatic rings. The molecule has 2 aromatic carbocycles. The maximum absolute atomic E-state index is 11.0. The van der Waals surface area contributed by atoms with E-state index in [-0.39, 0.29) is 12.1 Å². The molecule has 0 aliphatic heterocycles. The molecule has 0 aromatic heterocycles. The number of benzene rings is 2. The van der Waals surface area contributed by atoms with Crippen molar-refractivity contribution in [3.05, 3.63) is 69.8 Å². The van der Waals surface area contributed by atoms with Crippen LogP contribution in [0.15, 0.2) is 48.5 Å². The Balaban J connectivity index is 2.26. The Morgan fingerprint density at radius 3 is 2.57 bits per heavy atom. The Bertz CT molecular complexity index is 627. The van der Waals surface area contributed by atoms with Crippen LogP contribution in [0.25, 0.3) is 0 Å². The second-order valence-electron chi connectivity index (χ2n) is 4.58. The van der Waals surface area contributed by atoms with Crippen LogP contribution in [0.2, 0.25) is 0 Å². The lowest BCUT2D eigenvalue weighted by atomic mass is 9.99. The summed E-state index contributed by atoms with van der Waals surface area (Å²) in [5, 5.41) is 21.4. The number of aliphatic hydroxyl groups is 1. The highest BCUT2D eigenvalue weighted by atomic mass is 16.6. The normalized spacial score (nSPS) is 11.9. The molecule has 1 unspecified atom stereocenters. The maximum atomic E-state index is 11.0. The van der Waals surface area contributed by atoms with Crippen LogP contribution in [0.1, 0.15) is 24.2 Å². The van der Waals surface area contributed by atoms with Gasteiger partial charge in [0, 0.05) is 23.6 Å². The zero-order valence-electron chi connectivity index (χ0n) is 11.7. The Labute approximate surface area is 123 Å². The lowest BCUT2D eigenvalue weighted by molar-refractivity contribution is -0.385. The molecule has 0 saturated heterocycles. The van der Waals surface area contributed by atoms with E-state index in [1.54, 1.807) is 36.4 Å². The maximum Gasteiger partial charge on any atom is 0.272 e. The van der Waals surface area contributed by atoms with Gasteiger partial charge in [-0.05, 0) is 13.0 Å². The molecule has 2 aromatic rings. The van der Waals surface area contributed by atoms with Gasteiger partial charge in [0.2, 0.25) is 0 Å². The van der Waals surface area contributed by atoms with Crippen LogP contribution >= 0.6 is 0 Å². The summed E-state index contributed by atoms with van der Waals surface area (Å²) in [4.78, 5) is 10.6. The molecule has 0 aliphatic carbocycles. The van der Waals surface area contributed by atoms with Crippen LogP contribution in [-0.2, 0) is 6.42 Å². The van der Waals surface area contributed by atoms with Crippen LogP contribution in [0.5, 0.6) is 5.75 Å². The Hall–Kier alpha value is -2.40. The van der Waals surface area contributed by atoms with E-state index in [1.165, 1.54) is 6.07 Å². The summed E-state index contributed by atoms with van der Waals surface area (Å²) in [7, 11) is 0. The lowest BCUT2D eigenvalue weighted by Crippen LogP contribution is -2.07. The first-order valence-corrected chi connectivity index (χ1v) is 6.75. The van der Waals surface area contributed by atoms with Gasteiger partial charge in [0.1, 0.15) is 5.75 Å². The van der Waals surface area contributed by atoms with Crippen molar-refractivity contribution in [1.82, 2.24) is 0 Å². The summed E-state index contributed by atoms with van der Waals surface area (Å²) in [6.45, 7) is 2.36. The number of ether oxygens (including phenoxy) is 1. The second-order valence-corrected chi connectivity index (χ2v) is 4.58. The first-order valence-electron chi connectivity index (χ1n) is 6.75. The average Bonchev–Trinajstić information content (AvgIpc) is 2.48. The fourth-order valence-corrected chi connectivity index (χ4v) is 2.22. The summed E-state index contributed by atoms with van der Waals surface area (Å²) < 4.78 is 5.48. The zero-order valence-corrected chi connectivity index (χ0v) is 11.7. The van der Waals surface area contributed by atoms with Crippen molar-refractivity contribution >= 4 is 5.69 Å². The third-order valence-electron chi connectivity index (χ3n) is 3.18. The van der Waals surface area contributed by atoms with E-state index in [4.69, 9.17) is 4.74 Å². The SMILES string of the molecule is CCOc1ccccc1C(O)Cc1ccccc1[N+](=O)[O-]. The van der Waals surface area contributed by atoms with E-state index in [1.807, 2.05) is 13.0 Å². The number of nitro groups is 1. The molecule has 0 saturated carbocycles.